The van der Waals surface area contributed by atoms with Crippen LogP contribution in [0.3, 0.4) is 0 Å². The number of alkyl halides is 1. The summed E-state index contributed by atoms with van der Waals surface area (Å²) in [7, 11) is 0. The van der Waals surface area contributed by atoms with Crippen molar-refractivity contribution in [1.29, 1.82) is 0 Å². The summed E-state index contributed by atoms with van der Waals surface area (Å²) in [6.07, 6.45) is 6.32. The van der Waals surface area contributed by atoms with E-state index in [9.17, 15) is 0 Å². The Bertz CT molecular complexity index is 582. The van der Waals surface area contributed by atoms with Crippen LogP contribution >= 0.6 is 23.2 Å². The van der Waals surface area contributed by atoms with Crippen LogP contribution in [0.4, 0.5) is 0 Å². The van der Waals surface area contributed by atoms with Gasteiger partial charge in [-0.1, -0.05) is 36.9 Å². The Morgan fingerprint density at radius 1 is 1.21 bits per heavy atom. The molecule has 0 N–H and O–H groups in total. The van der Waals surface area contributed by atoms with Crippen LogP contribution in [-0.2, 0) is 0 Å². The van der Waals surface area contributed by atoms with Crippen molar-refractivity contribution in [3.05, 3.63) is 34.5 Å². The standard InChI is InChI=1S/C16H18Cl2O/c1-10-14-12(17)8-5-9-13(14)19-16(10)15(18)11-6-3-2-4-7-11/h5,8-9,11,15H,2-4,6-7H2,1H3. The molecule has 0 spiro atoms. The van der Waals surface area contributed by atoms with E-state index in [4.69, 9.17) is 27.6 Å². The van der Waals surface area contributed by atoms with Crippen LogP contribution in [0.25, 0.3) is 11.0 Å². The Kier molecular flexibility index (Phi) is 3.77. The molecule has 1 atom stereocenters. The number of furan rings is 1. The van der Waals surface area contributed by atoms with Gasteiger partial charge in [0.15, 0.2) is 0 Å². The van der Waals surface area contributed by atoms with Gasteiger partial charge < -0.3 is 4.42 Å². The lowest BCUT2D eigenvalue weighted by molar-refractivity contribution is 0.327. The fraction of sp³-hybridized carbons (Fsp3) is 0.500. The average Bonchev–Trinajstić information content (AvgIpc) is 2.78. The van der Waals surface area contributed by atoms with E-state index in [0.717, 1.165) is 27.3 Å². The fourth-order valence-corrected chi connectivity index (χ4v) is 3.94. The first kappa shape index (κ1) is 13.3. The molecule has 3 rings (SSSR count). The summed E-state index contributed by atoms with van der Waals surface area (Å²) >= 11 is 12.9. The van der Waals surface area contributed by atoms with Crippen LogP contribution in [-0.4, -0.2) is 0 Å². The van der Waals surface area contributed by atoms with E-state index in [2.05, 4.69) is 6.92 Å². The van der Waals surface area contributed by atoms with Crippen LogP contribution < -0.4 is 0 Å². The van der Waals surface area contributed by atoms with E-state index in [1.54, 1.807) is 0 Å². The van der Waals surface area contributed by atoms with Gasteiger partial charge in [-0.05, 0) is 37.8 Å². The van der Waals surface area contributed by atoms with Crippen molar-refractivity contribution in [3.63, 3.8) is 0 Å². The van der Waals surface area contributed by atoms with E-state index in [0.29, 0.717) is 5.92 Å². The molecule has 1 heterocycles. The van der Waals surface area contributed by atoms with Gasteiger partial charge >= 0.3 is 0 Å². The van der Waals surface area contributed by atoms with Crippen LogP contribution in [0, 0.1) is 12.8 Å². The number of rotatable bonds is 2. The summed E-state index contributed by atoms with van der Waals surface area (Å²) < 4.78 is 5.98. The minimum absolute atomic E-state index is 0.0243. The molecule has 1 unspecified atom stereocenters. The van der Waals surface area contributed by atoms with E-state index >= 15 is 0 Å². The molecule has 3 heteroatoms. The maximum Gasteiger partial charge on any atom is 0.136 e. The summed E-state index contributed by atoms with van der Waals surface area (Å²) in [5.41, 5.74) is 1.95. The molecular formula is C16H18Cl2O. The Morgan fingerprint density at radius 3 is 2.63 bits per heavy atom. The van der Waals surface area contributed by atoms with Crippen LogP contribution in [0.1, 0.15) is 48.8 Å². The third-order valence-electron chi connectivity index (χ3n) is 4.25. The first-order valence-corrected chi connectivity index (χ1v) is 7.81. The molecule has 0 aliphatic heterocycles. The minimum Gasteiger partial charge on any atom is -0.459 e. The molecule has 1 nitrogen and oxygen atoms in total. The molecule has 0 radical (unpaired) electrons. The molecule has 2 aromatic rings. The quantitative estimate of drug-likeness (QED) is 0.597. The highest BCUT2D eigenvalue weighted by molar-refractivity contribution is 6.35. The van der Waals surface area contributed by atoms with Gasteiger partial charge in [0.05, 0.1) is 10.4 Å². The van der Waals surface area contributed by atoms with Crippen molar-refractivity contribution in [2.45, 2.75) is 44.4 Å². The summed E-state index contributed by atoms with van der Waals surface area (Å²) in [5, 5.41) is 1.74. The highest BCUT2D eigenvalue weighted by Crippen LogP contribution is 2.43. The zero-order chi connectivity index (χ0) is 13.4. The molecule has 1 aliphatic carbocycles. The normalized spacial score (nSPS) is 18.9. The summed E-state index contributed by atoms with van der Waals surface area (Å²) in [4.78, 5) is 0. The molecule has 0 bridgehead atoms. The Morgan fingerprint density at radius 2 is 1.95 bits per heavy atom. The van der Waals surface area contributed by atoms with Crippen molar-refractivity contribution in [2.24, 2.45) is 5.92 Å². The maximum atomic E-state index is 6.68. The van der Waals surface area contributed by atoms with Gasteiger partial charge in [0.1, 0.15) is 11.3 Å². The van der Waals surface area contributed by atoms with Crippen molar-refractivity contribution < 1.29 is 4.42 Å². The fourth-order valence-electron chi connectivity index (χ4n) is 3.18. The molecule has 1 fully saturated rings. The van der Waals surface area contributed by atoms with Gasteiger partial charge in [-0.25, -0.2) is 0 Å². The molecule has 1 aromatic carbocycles. The van der Waals surface area contributed by atoms with E-state index in [-0.39, 0.29) is 5.38 Å². The van der Waals surface area contributed by atoms with Gasteiger partial charge in [-0.3, -0.25) is 0 Å². The monoisotopic (exact) mass is 296 g/mol. The molecule has 1 aliphatic rings. The lowest BCUT2D eigenvalue weighted by Crippen LogP contribution is -2.12. The molecule has 102 valence electrons. The summed E-state index contributed by atoms with van der Waals surface area (Å²) in [6.45, 7) is 2.06. The van der Waals surface area contributed by atoms with Crippen LogP contribution in [0.15, 0.2) is 22.6 Å². The third-order valence-corrected chi connectivity index (χ3v) is 5.12. The molecule has 19 heavy (non-hydrogen) atoms. The first-order valence-electron chi connectivity index (χ1n) is 7.00. The van der Waals surface area contributed by atoms with Gasteiger partial charge in [-0.15, -0.1) is 11.6 Å². The number of hydrogen-bond acceptors (Lipinski definition) is 1. The van der Waals surface area contributed by atoms with Crippen molar-refractivity contribution in [1.82, 2.24) is 0 Å². The average molecular weight is 297 g/mol. The second-order valence-corrected chi connectivity index (χ2v) is 6.38. The zero-order valence-electron chi connectivity index (χ0n) is 11.1. The summed E-state index contributed by atoms with van der Waals surface area (Å²) in [6, 6.07) is 5.78. The van der Waals surface area contributed by atoms with E-state index in [1.807, 2.05) is 18.2 Å². The highest BCUT2D eigenvalue weighted by atomic mass is 35.5. The van der Waals surface area contributed by atoms with Crippen molar-refractivity contribution in [2.75, 3.05) is 0 Å². The maximum absolute atomic E-state index is 6.68. The predicted octanol–water partition coefficient (Wildman–Crippen LogP) is 6.25. The van der Waals surface area contributed by atoms with Gasteiger partial charge in [0.25, 0.3) is 0 Å². The van der Waals surface area contributed by atoms with Crippen molar-refractivity contribution in [3.8, 4) is 0 Å². The number of fused-ring (bicyclic) bond motifs is 1. The lowest BCUT2D eigenvalue weighted by Gasteiger charge is -2.25. The second kappa shape index (κ2) is 5.38. The first-order chi connectivity index (χ1) is 9.18. The largest absolute Gasteiger partial charge is 0.459 e. The molecular weight excluding hydrogens is 279 g/mol. The smallest absolute Gasteiger partial charge is 0.136 e. The number of aryl methyl sites for hydroxylation is 1. The van der Waals surface area contributed by atoms with Crippen molar-refractivity contribution >= 4 is 34.2 Å². The SMILES string of the molecule is Cc1c(C(Cl)C2CCCCC2)oc2cccc(Cl)c12. The highest BCUT2D eigenvalue weighted by Gasteiger charge is 2.28. The van der Waals surface area contributed by atoms with E-state index < -0.39 is 0 Å². The number of benzene rings is 1. The molecule has 1 saturated carbocycles. The second-order valence-electron chi connectivity index (χ2n) is 5.50. The predicted molar refractivity (Wildman–Crippen MR) is 81.1 cm³/mol. The van der Waals surface area contributed by atoms with Gasteiger partial charge in [-0.2, -0.15) is 0 Å². The lowest BCUT2D eigenvalue weighted by atomic mass is 9.85. The van der Waals surface area contributed by atoms with Gasteiger partial charge in [0, 0.05) is 10.9 Å². The number of halogens is 2. The zero-order valence-corrected chi connectivity index (χ0v) is 12.6. The molecule has 0 amide bonds. The Balaban J connectivity index is 2.00. The minimum atomic E-state index is -0.0243. The van der Waals surface area contributed by atoms with E-state index in [1.165, 1.54) is 32.1 Å². The Hall–Kier alpha value is -0.660. The summed E-state index contributed by atoms with van der Waals surface area (Å²) in [5.74, 6) is 1.45. The third kappa shape index (κ3) is 2.39. The molecule has 0 saturated heterocycles. The van der Waals surface area contributed by atoms with Gasteiger partial charge in [0.2, 0.25) is 0 Å². The Labute approximate surface area is 123 Å². The topological polar surface area (TPSA) is 13.1 Å². The van der Waals surface area contributed by atoms with Crippen LogP contribution in [0.5, 0.6) is 0 Å². The van der Waals surface area contributed by atoms with Crippen LogP contribution in [0.2, 0.25) is 5.02 Å². The molecule has 1 aromatic heterocycles. The number of hydrogen-bond donors (Lipinski definition) is 0.